The van der Waals surface area contributed by atoms with Gasteiger partial charge in [-0.1, -0.05) is 44.5 Å². The van der Waals surface area contributed by atoms with E-state index in [0.29, 0.717) is 34.3 Å². The second-order valence-electron chi connectivity index (χ2n) is 6.24. The Morgan fingerprint density at radius 2 is 1.77 bits per heavy atom. The van der Waals surface area contributed by atoms with Crippen molar-refractivity contribution >= 4 is 16.9 Å². The molecule has 1 heterocycles. The van der Waals surface area contributed by atoms with Gasteiger partial charge in [-0.15, -0.1) is 0 Å². The van der Waals surface area contributed by atoms with Crippen molar-refractivity contribution in [3.8, 4) is 5.75 Å². The molecule has 2 aromatic carbocycles. The number of carbonyl (C=O) groups excluding carboxylic acids is 1. The Morgan fingerprint density at radius 3 is 2.46 bits per heavy atom. The van der Waals surface area contributed by atoms with Gasteiger partial charge in [0.1, 0.15) is 5.58 Å². The zero-order chi connectivity index (χ0) is 18.5. The molecule has 0 aliphatic heterocycles. The van der Waals surface area contributed by atoms with E-state index in [2.05, 4.69) is 6.92 Å². The highest BCUT2D eigenvalue weighted by molar-refractivity contribution is 5.94. The molecule has 0 radical (unpaired) electrons. The molecule has 4 heteroatoms. The third-order valence-corrected chi connectivity index (χ3v) is 4.43. The van der Waals surface area contributed by atoms with E-state index in [0.717, 1.165) is 24.8 Å². The van der Waals surface area contributed by atoms with Gasteiger partial charge in [0, 0.05) is 0 Å². The van der Waals surface area contributed by atoms with Gasteiger partial charge in [0.2, 0.25) is 0 Å². The number of benzene rings is 2. The average molecular weight is 350 g/mol. The minimum absolute atomic E-state index is 0.315. The predicted molar refractivity (Wildman–Crippen MR) is 102 cm³/mol. The molecule has 0 aliphatic rings. The minimum atomic E-state index is -0.471. The summed E-state index contributed by atoms with van der Waals surface area (Å²) in [5.41, 5.74) is 2.00. The summed E-state index contributed by atoms with van der Waals surface area (Å²) in [4.78, 5) is 25.0. The first-order valence-corrected chi connectivity index (χ1v) is 8.99. The number of aryl methyl sites for hydroxylation is 1. The van der Waals surface area contributed by atoms with Crippen LogP contribution in [-0.2, 0) is 12.8 Å². The molecule has 0 N–H and O–H groups in total. The van der Waals surface area contributed by atoms with Crippen LogP contribution in [0.25, 0.3) is 11.0 Å². The van der Waals surface area contributed by atoms with E-state index < -0.39 is 11.6 Å². The molecule has 0 aliphatic carbocycles. The highest BCUT2D eigenvalue weighted by atomic mass is 16.5. The van der Waals surface area contributed by atoms with Crippen molar-refractivity contribution < 1.29 is 13.9 Å². The molecule has 26 heavy (non-hydrogen) atoms. The lowest BCUT2D eigenvalue weighted by molar-refractivity contribution is 0.0734. The summed E-state index contributed by atoms with van der Waals surface area (Å²) in [6.45, 7) is 4.10. The third-order valence-electron chi connectivity index (χ3n) is 4.43. The second-order valence-corrected chi connectivity index (χ2v) is 6.24. The Balaban J connectivity index is 2.03. The van der Waals surface area contributed by atoms with Gasteiger partial charge in [0.15, 0.2) is 5.75 Å². The standard InChI is InChI=1S/C22H22O4/c1-3-5-8-18-20(17-9-6-7-10-19(17)25-22(18)24)26-21(23)16-13-11-15(4-2)12-14-16/h6-7,9-14H,3-5,8H2,1-2H3. The maximum absolute atomic E-state index is 12.6. The molecular formula is C22H22O4. The van der Waals surface area contributed by atoms with E-state index in [1.54, 1.807) is 30.3 Å². The first kappa shape index (κ1) is 17.9. The monoisotopic (exact) mass is 350 g/mol. The number of carbonyl (C=O) groups is 1. The Kier molecular flexibility index (Phi) is 5.52. The summed E-state index contributed by atoms with van der Waals surface area (Å²) in [5, 5.41) is 0.636. The van der Waals surface area contributed by atoms with Crippen LogP contribution in [0.1, 0.15) is 48.2 Å². The van der Waals surface area contributed by atoms with Crippen LogP contribution in [0.15, 0.2) is 57.7 Å². The summed E-state index contributed by atoms with van der Waals surface area (Å²) < 4.78 is 11.1. The lowest BCUT2D eigenvalue weighted by atomic mass is 10.1. The lowest BCUT2D eigenvalue weighted by Crippen LogP contribution is -2.15. The molecule has 0 spiro atoms. The van der Waals surface area contributed by atoms with E-state index in [1.807, 2.05) is 25.1 Å². The molecule has 0 saturated heterocycles. The van der Waals surface area contributed by atoms with Crippen LogP contribution >= 0.6 is 0 Å². The highest BCUT2D eigenvalue weighted by Crippen LogP contribution is 2.29. The van der Waals surface area contributed by atoms with Crippen LogP contribution in [0.3, 0.4) is 0 Å². The van der Waals surface area contributed by atoms with Gasteiger partial charge in [0.05, 0.1) is 16.5 Å². The predicted octanol–water partition coefficient (Wildman–Crippen LogP) is 4.92. The fraction of sp³-hybridized carbons (Fsp3) is 0.273. The summed E-state index contributed by atoms with van der Waals surface area (Å²) in [6.07, 6.45) is 3.17. The van der Waals surface area contributed by atoms with Crippen molar-refractivity contribution in [2.45, 2.75) is 39.5 Å². The summed E-state index contributed by atoms with van der Waals surface area (Å²) in [7, 11) is 0. The van der Waals surface area contributed by atoms with Crippen molar-refractivity contribution in [2.24, 2.45) is 0 Å². The van der Waals surface area contributed by atoms with Crippen molar-refractivity contribution in [3.05, 3.63) is 75.6 Å². The van der Waals surface area contributed by atoms with E-state index in [4.69, 9.17) is 9.15 Å². The molecular weight excluding hydrogens is 328 g/mol. The van der Waals surface area contributed by atoms with Gasteiger partial charge in [-0.05, 0) is 49.1 Å². The maximum atomic E-state index is 12.6. The van der Waals surface area contributed by atoms with Gasteiger partial charge in [-0.2, -0.15) is 0 Å². The number of para-hydroxylation sites is 1. The van der Waals surface area contributed by atoms with E-state index in [9.17, 15) is 9.59 Å². The van der Waals surface area contributed by atoms with Crippen molar-refractivity contribution in [1.29, 1.82) is 0 Å². The number of fused-ring (bicyclic) bond motifs is 1. The first-order valence-electron chi connectivity index (χ1n) is 8.99. The van der Waals surface area contributed by atoms with Crippen molar-refractivity contribution in [2.75, 3.05) is 0 Å². The van der Waals surface area contributed by atoms with Gasteiger partial charge >= 0.3 is 11.6 Å². The topological polar surface area (TPSA) is 56.5 Å². The first-order chi connectivity index (χ1) is 12.6. The van der Waals surface area contributed by atoms with Crippen molar-refractivity contribution in [1.82, 2.24) is 0 Å². The van der Waals surface area contributed by atoms with Crippen LogP contribution in [-0.4, -0.2) is 5.97 Å². The Labute approximate surface area is 152 Å². The fourth-order valence-electron chi connectivity index (χ4n) is 2.87. The van der Waals surface area contributed by atoms with Gasteiger partial charge in [0.25, 0.3) is 0 Å². The average Bonchev–Trinajstić information content (AvgIpc) is 2.67. The third kappa shape index (κ3) is 3.69. The minimum Gasteiger partial charge on any atom is -0.422 e. The second kappa shape index (κ2) is 8.00. The van der Waals surface area contributed by atoms with Crippen LogP contribution in [0.2, 0.25) is 0 Å². The molecule has 0 fully saturated rings. The van der Waals surface area contributed by atoms with E-state index >= 15 is 0 Å². The van der Waals surface area contributed by atoms with Crippen LogP contribution in [0.4, 0.5) is 0 Å². The van der Waals surface area contributed by atoms with Crippen molar-refractivity contribution in [3.63, 3.8) is 0 Å². The van der Waals surface area contributed by atoms with E-state index in [1.165, 1.54) is 0 Å². The molecule has 0 atom stereocenters. The molecule has 3 rings (SSSR count). The van der Waals surface area contributed by atoms with Gasteiger partial charge < -0.3 is 9.15 Å². The number of hydrogen-bond acceptors (Lipinski definition) is 4. The molecule has 134 valence electrons. The summed E-state index contributed by atoms with van der Waals surface area (Å²) in [5.74, 6) is -0.156. The molecule has 1 aromatic heterocycles. The number of hydrogen-bond donors (Lipinski definition) is 0. The van der Waals surface area contributed by atoms with Crippen LogP contribution < -0.4 is 10.4 Å². The zero-order valence-corrected chi connectivity index (χ0v) is 15.1. The summed E-state index contributed by atoms with van der Waals surface area (Å²) in [6, 6.07) is 14.4. The smallest absolute Gasteiger partial charge is 0.343 e. The number of esters is 1. The SMILES string of the molecule is CCCCc1c(OC(=O)c2ccc(CC)cc2)c2ccccc2oc1=O. The molecule has 0 amide bonds. The lowest BCUT2D eigenvalue weighted by Gasteiger charge is -2.12. The quantitative estimate of drug-likeness (QED) is 0.468. The molecule has 3 aromatic rings. The molecule has 0 saturated carbocycles. The van der Waals surface area contributed by atoms with Crippen LogP contribution in [0.5, 0.6) is 5.75 Å². The number of unbranched alkanes of at least 4 members (excludes halogenated alkanes) is 1. The normalized spacial score (nSPS) is 10.8. The van der Waals surface area contributed by atoms with Crippen LogP contribution in [0, 0.1) is 0 Å². The van der Waals surface area contributed by atoms with Gasteiger partial charge in [-0.25, -0.2) is 9.59 Å². The number of ether oxygens (including phenoxy) is 1. The maximum Gasteiger partial charge on any atom is 0.343 e. The Morgan fingerprint density at radius 1 is 1.04 bits per heavy atom. The zero-order valence-electron chi connectivity index (χ0n) is 15.1. The highest BCUT2D eigenvalue weighted by Gasteiger charge is 2.19. The van der Waals surface area contributed by atoms with Gasteiger partial charge in [-0.3, -0.25) is 0 Å². The molecule has 0 unspecified atom stereocenters. The summed E-state index contributed by atoms with van der Waals surface area (Å²) >= 11 is 0. The fourth-order valence-corrected chi connectivity index (χ4v) is 2.87. The Hall–Kier alpha value is -2.88. The Bertz CT molecular complexity index is 968. The number of rotatable bonds is 6. The largest absolute Gasteiger partial charge is 0.422 e. The van der Waals surface area contributed by atoms with E-state index in [-0.39, 0.29) is 0 Å². The molecule has 4 nitrogen and oxygen atoms in total. The molecule has 0 bridgehead atoms.